The molecule has 8 nitrogen and oxygen atoms in total. The number of fused-ring (bicyclic) bond motifs is 2. The molecule has 5 rings (SSSR count). The zero-order valence-corrected chi connectivity index (χ0v) is 24.8. The number of ketones is 1. The van der Waals surface area contributed by atoms with E-state index in [0.29, 0.717) is 35.5 Å². The number of carbonyl (C=O) groups is 3. The predicted molar refractivity (Wildman–Crippen MR) is 164 cm³/mol. The molecule has 1 aliphatic heterocycles. The number of esters is 1. The lowest BCUT2D eigenvalue weighted by Gasteiger charge is -2.39. The van der Waals surface area contributed by atoms with Gasteiger partial charge in [0.15, 0.2) is 0 Å². The maximum atomic E-state index is 14.2. The van der Waals surface area contributed by atoms with Gasteiger partial charge in [-0.05, 0) is 62.1 Å². The number of Topliss-reactive ketones (excluding diaryl/α,β-unsaturated/α-hetero) is 1. The molecule has 0 N–H and O–H groups in total. The molecule has 3 aromatic carbocycles. The van der Waals surface area contributed by atoms with E-state index < -0.39 is 17.9 Å². The van der Waals surface area contributed by atoms with Crippen molar-refractivity contribution < 1.29 is 23.9 Å². The molecule has 1 saturated carbocycles. The Labute approximate surface area is 246 Å². The van der Waals surface area contributed by atoms with E-state index in [1.54, 1.807) is 12.0 Å². The van der Waals surface area contributed by atoms with Crippen LogP contribution in [0.15, 0.2) is 71.7 Å². The van der Waals surface area contributed by atoms with Crippen LogP contribution in [0.2, 0.25) is 0 Å². The van der Waals surface area contributed by atoms with Crippen LogP contribution >= 0.6 is 0 Å². The monoisotopic (exact) mass is 567 g/mol. The minimum Gasteiger partial charge on any atom is -0.497 e. The maximum Gasteiger partial charge on any atom is 0.308 e. The number of hydrogen-bond donors (Lipinski definition) is 0. The highest BCUT2D eigenvalue weighted by atomic mass is 16.5. The molecular formula is C34H37N3O5. The first kappa shape index (κ1) is 29.0. The number of benzene rings is 3. The first-order chi connectivity index (χ1) is 20.2. The first-order valence-corrected chi connectivity index (χ1v) is 14.5. The van der Waals surface area contributed by atoms with E-state index >= 15 is 0 Å². The third-order valence-corrected chi connectivity index (χ3v) is 8.23. The molecule has 0 saturated heterocycles. The average Bonchev–Trinajstić information content (AvgIpc) is 3.12. The highest BCUT2D eigenvalue weighted by molar-refractivity contribution is 6.13. The molecular weight excluding hydrogens is 530 g/mol. The first-order valence-electron chi connectivity index (χ1n) is 14.5. The summed E-state index contributed by atoms with van der Waals surface area (Å²) in [5.74, 6) is -0.380. The Morgan fingerprint density at radius 1 is 0.976 bits per heavy atom. The molecule has 1 amide bonds. The van der Waals surface area contributed by atoms with Crippen LogP contribution in [-0.2, 0) is 14.4 Å². The van der Waals surface area contributed by atoms with Gasteiger partial charge in [0.2, 0.25) is 5.91 Å². The Balaban J connectivity index is 1.68. The van der Waals surface area contributed by atoms with E-state index in [9.17, 15) is 14.4 Å². The molecule has 0 aromatic heterocycles. The number of ether oxygens (including phenoxy) is 2. The Hall–Kier alpha value is -4.46. The van der Waals surface area contributed by atoms with Crippen LogP contribution in [0, 0.1) is 5.92 Å². The number of hydrogen-bond acceptors (Lipinski definition) is 7. The summed E-state index contributed by atoms with van der Waals surface area (Å²) in [4.78, 5) is 48.9. The zero-order chi connectivity index (χ0) is 30.0. The van der Waals surface area contributed by atoms with Gasteiger partial charge in [-0.3, -0.25) is 19.4 Å². The average molecular weight is 568 g/mol. The van der Waals surface area contributed by atoms with Crippen molar-refractivity contribution in [2.45, 2.75) is 52.5 Å². The Morgan fingerprint density at radius 2 is 1.69 bits per heavy atom. The van der Waals surface area contributed by atoms with Gasteiger partial charge in [-0.15, -0.1) is 0 Å². The minimum absolute atomic E-state index is 0.00790. The third kappa shape index (κ3) is 5.53. The van der Waals surface area contributed by atoms with Crippen molar-refractivity contribution in [3.63, 3.8) is 0 Å². The summed E-state index contributed by atoms with van der Waals surface area (Å²) >= 11 is 0. The topological polar surface area (TPSA) is 88.5 Å². The predicted octanol–water partition coefficient (Wildman–Crippen LogP) is 6.41. The van der Waals surface area contributed by atoms with Crippen molar-refractivity contribution in [1.82, 2.24) is 0 Å². The fourth-order valence-electron chi connectivity index (χ4n) is 6.29. The number of aliphatic imine (C=N–C) groups is 1. The van der Waals surface area contributed by atoms with Crippen molar-refractivity contribution in [3.8, 4) is 11.5 Å². The smallest absolute Gasteiger partial charge is 0.308 e. The van der Waals surface area contributed by atoms with Crippen LogP contribution in [0.3, 0.4) is 0 Å². The van der Waals surface area contributed by atoms with E-state index in [1.807, 2.05) is 66.7 Å². The Morgan fingerprint density at radius 3 is 2.33 bits per heavy atom. The van der Waals surface area contributed by atoms with Gasteiger partial charge in [0.25, 0.3) is 0 Å². The second kappa shape index (κ2) is 12.2. The maximum absolute atomic E-state index is 14.2. The van der Waals surface area contributed by atoms with Gasteiger partial charge in [-0.1, -0.05) is 30.3 Å². The Kier molecular flexibility index (Phi) is 8.43. The number of methoxy groups -OCH3 is 1. The van der Waals surface area contributed by atoms with Gasteiger partial charge in [0.05, 0.1) is 30.4 Å². The summed E-state index contributed by atoms with van der Waals surface area (Å²) in [6, 6.07) is 20.2. The van der Waals surface area contributed by atoms with Crippen molar-refractivity contribution in [2.75, 3.05) is 30.0 Å². The minimum atomic E-state index is -0.741. The molecule has 3 atom stereocenters. The lowest BCUT2D eigenvalue weighted by Crippen LogP contribution is -2.45. The number of para-hydroxylation sites is 2. The quantitative estimate of drug-likeness (QED) is 0.242. The molecule has 8 heteroatoms. The van der Waals surface area contributed by atoms with Gasteiger partial charge < -0.3 is 19.3 Å². The van der Waals surface area contributed by atoms with Gasteiger partial charge in [0.1, 0.15) is 17.3 Å². The number of anilines is 2. The van der Waals surface area contributed by atoms with Crippen molar-refractivity contribution >= 4 is 40.4 Å². The zero-order valence-electron chi connectivity index (χ0n) is 24.8. The van der Waals surface area contributed by atoms with E-state index in [2.05, 4.69) is 18.7 Å². The summed E-state index contributed by atoms with van der Waals surface area (Å²) in [5, 5.41) is 0. The molecule has 1 heterocycles. The molecule has 3 aromatic rings. The summed E-state index contributed by atoms with van der Waals surface area (Å²) < 4.78 is 11.1. The number of carbonyl (C=O) groups excluding carboxylic acids is 3. The van der Waals surface area contributed by atoms with Crippen LogP contribution < -0.4 is 19.3 Å². The van der Waals surface area contributed by atoms with E-state index in [1.165, 1.54) is 13.8 Å². The van der Waals surface area contributed by atoms with E-state index in [0.717, 1.165) is 35.8 Å². The van der Waals surface area contributed by atoms with Crippen LogP contribution in [0.25, 0.3) is 0 Å². The second-order valence-corrected chi connectivity index (χ2v) is 10.7. The fraction of sp³-hybridized carbons (Fsp3) is 0.353. The molecule has 3 unspecified atom stereocenters. The van der Waals surface area contributed by atoms with Gasteiger partial charge in [-0.25, -0.2) is 0 Å². The number of nitrogens with zero attached hydrogens (tertiary/aromatic N) is 3. The standard InChI is InChI=1S/C34H37N3O5/c1-6-36(7-2)25-14-17-27(32(20-25)42-22(4)39)34-33-29(35-28-10-8-9-11-30(28)37(34)21(3)38)18-24(19-31(33)40)23-12-15-26(41-5)16-13-23/h8-17,20,24,33-34H,6-7,18-19H2,1-5H3. The lowest BCUT2D eigenvalue weighted by molar-refractivity contribution is -0.132. The molecule has 1 fully saturated rings. The van der Waals surface area contributed by atoms with E-state index in [4.69, 9.17) is 14.5 Å². The number of amides is 1. The number of rotatable bonds is 7. The lowest BCUT2D eigenvalue weighted by atomic mass is 9.72. The molecule has 0 radical (unpaired) electrons. The van der Waals surface area contributed by atoms with Crippen molar-refractivity contribution in [3.05, 3.63) is 77.9 Å². The summed E-state index contributed by atoms with van der Waals surface area (Å²) in [7, 11) is 1.63. The normalized spacial score (nSPS) is 19.6. The largest absolute Gasteiger partial charge is 0.497 e. The summed E-state index contributed by atoms with van der Waals surface area (Å²) in [6.07, 6.45) is 0.856. The molecule has 42 heavy (non-hydrogen) atoms. The van der Waals surface area contributed by atoms with Crippen LogP contribution in [0.1, 0.15) is 63.6 Å². The Bertz CT molecular complexity index is 1530. The third-order valence-electron chi connectivity index (χ3n) is 8.23. The highest BCUT2D eigenvalue weighted by Gasteiger charge is 2.46. The second-order valence-electron chi connectivity index (χ2n) is 10.7. The van der Waals surface area contributed by atoms with Gasteiger partial charge in [0, 0.05) is 56.4 Å². The van der Waals surface area contributed by atoms with Crippen molar-refractivity contribution in [1.29, 1.82) is 0 Å². The molecule has 0 bridgehead atoms. The molecule has 2 aliphatic rings. The van der Waals surface area contributed by atoms with Gasteiger partial charge >= 0.3 is 5.97 Å². The van der Waals surface area contributed by atoms with Crippen molar-refractivity contribution in [2.24, 2.45) is 10.9 Å². The molecule has 218 valence electrons. The van der Waals surface area contributed by atoms with Gasteiger partial charge in [-0.2, -0.15) is 0 Å². The van der Waals surface area contributed by atoms with Crippen LogP contribution in [0.5, 0.6) is 11.5 Å². The molecule has 0 spiro atoms. The van der Waals surface area contributed by atoms with E-state index in [-0.39, 0.29) is 17.6 Å². The summed E-state index contributed by atoms with van der Waals surface area (Å²) in [5.41, 5.74) is 4.50. The van der Waals surface area contributed by atoms with Crippen LogP contribution in [-0.4, -0.2) is 43.6 Å². The summed E-state index contributed by atoms with van der Waals surface area (Å²) in [6.45, 7) is 8.53. The molecule has 1 aliphatic carbocycles. The van der Waals surface area contributed by atoms with Crippen LogP contribution in [0.4, 0.5) is 17.1 Å². The highest BCUT2D eigenvalue weighted by Crippen LogP contribution is 2.49. The fourth-order valence-corrected chi connectivity index (χ4v) is 6.29. The SMILES string of the molecule is CCN(CC)c1ccc(C2C3C(=O)CC(c4ccc(OC)cc4)CC3=Nc3ccccc3N2C(C)=O)c(OC(C)=O)c1.